The molecule has 1 heterocycles. The Kier molecular flexibility index (Phi) is 6.91. The van der Waals surface area contributed by atoms with E-state index in [1.807, 2.05) is 0 Å². The highest BCUT2D eigenvalue weighted by Gasteiger charge is 2.54. The molecule has 0 aromatic heterocycles. The minimum atomic E-state index is -0.323. The SMILES string of the molecule is CCC1(CC)C(NC(=O)[C@@H]2CC[C@H](CN)O2)CC1OC.Cl. The quantitative estimate of drug-likeness (QED) is 0.780. The maximum absolute atomic E-state index is 12.3. The van der Waals surface area contributed by atoms with Gasteiger partial charge in [-0.2, -0.15) is 0 Å². The predicted molar refractivity (Wildman–Crippen MR) is 84.6 cm³/mol. The molecule has 6 heteroatoms. The Morgan fingerprint density at radius 1 is 1.38 bits per heavy atom. The van der Waals surface area contributed by atoms with E-state index in [0.29, 0.717) is 6.54 Å². The van der Waals surface area contributed by atoms with Crippen molar-refractivity contribution in [3.05, 3.63) is 0 Å². The molecular weight excluding hydrogens is 292 g/mol. The van der Waals surface area contributed by atoms with Crippen LogP contribution in [0.3, 0.4) is 0 Å². The molecule has 0 spiro atoms. The molecule has 3 N–H and O–H groups in total. The summed E-state index contributed by atoms with van der Waals surface area (Å²) in [5, 5.41) is 3.18. The summed E-state index contributed by atoms with van der Waals surface area (Å²) in [6, 6.07) is 0.204. The van der Waals surface area contributed by atoms with Gasteiger partial charge in [-0.1, -0.05) is 13.8 Å². The monoisotopic (exact) mass is 320 g/mol. The molecule has 1 aliphatic heterocycles. The topological polar surface area (TPSA) is 73.6 Å². The van der Waals surface area contributed by atoms with Gasteiger partial charge in [0, 0.05) is 25.1 Å². The van der Waals surface area contributed by atoms with Crippen LogP contribution in [0, 0.1) is 5.41 Å². The number of amides is 1. The second-order valence-corrected chi connectivity index (χ2v) is 6.02. The molecule has 21 heavy (non-hydrogen) atoms. The summed E-state index contributed by atoms with van der Waals surface area (Å²) in [6.45, 7) is 4.83. The van der Waals surface area contributed by atoms with E-state index in [1.54, 1.807) is 7.11 Å². The molecule has 0 radical (unpaired) electrons. The molecule has 0 bridgehead atoms. The molecule has 0 aromatic rings. The highest BCUT2D eigenvalue weighted by molar-refractivity contribution is 5.85. The largest absolute Gasteiger partial charge is 0.381 e. The molecule has 124 valence electrons. The van der Waals surface area contributed by atoms with E-state index >= 15 is 0 Å². The zero-order valence-corrected chi connectivity index (χ0v) is 14.1. The Labute approximate surface area is 133 Å². The van der Waals surface area contributed by atoms with E-state index in [2.05, 4.69) is 19.2 Å². The molecule has 2 rings (SSSR count). The standard InChI is InChI=1S/C15H28N2O3.ClH/c1-4-15(5-2)12(8-13(15)19-3)17-14(18)11-7-6-10(9-16)20-11;/h10-13H,4-9,16H2,1-3H3,(H,17,18);1H/t10-,11+,12?,13?;/m1./s1. The van der Waals surface area contributed by atoms with Crippen molar-refractivity contribution in [2.75, 3.05) is 13.7 Å². The number of rotatable bonds is 6. The number of hydrogen-bond acceptors (Lipinski definition) is 4. The van der Waals surface area contributed by atoms with Crippen molar-refractivity contribution in [3.63, 3.8) is 0 Å². The third kappa shape index (κ3) is 3.36. The van der Waals surface area contributed by atoms with Crippen LogP contribution in [0.15, 0.2) is 0 Å². The molecule has 2 aliphatic rings. The lowest BCUT2D eigenvalue weighted by atomic mass is 9.58. The molecular formula is C15H29ClN2O3. The van der Waals surface area contributed by atoms with Gasteiger partial charge in [0.15, 0.2) is 0 Å². The van der Waals surface area contributed by atoms with E-state index in [9.17, 15) is 4.79 Å². The van der Waals surface area contributed by atoms with Crippen LogP contribution in [0.5, 0.6) is 0 Å². The Morgan fingerprint density at radius 3 is 2.52 bits per heavy atom. The third-order valence-electron chi connectivity index (χ3n) is 5.37. The van der Waals surface area contributed by atoms with Crippen LogP contribution in [0.2, 0.25) is 0 Å². The van der Waals surface area contributed by atoms with Gasteiger partial charge in [0.05, 0.1) is 12.2 Å². The van der Waals surface area contributed by atoms with Crippen LogP contribution >= 0.6 is 12.4 Å². The third-order valence-corrected chi connectivity index (χ3v) is 5.37. The van der Waals surface area contributed by atoms with E-state index in [-0.39, 0.29) is 48.1 Å². The van der Waals surface area contributed by atoms with Crippen LogP contribution in [0.1, 0.15) is 46.0 Å². The fraction of sp³-hybridized carbons (Fsp3) is 0.933. The summed E-state index contributed by atoms with van der Waals surface area (Å²) >= 11 is 0. The molecule has 1 amide bonds. The zero-order valence-electron chi connectivity index (χ0n) is 13.3. The van der Waals surface area contributed by atoms with Crippen molar-refractivity contribution in [2.24, 2.45) is 11.1 Å². The van der Waals surface area contributed by atoms with Gasteiger partial charge in [-0.05, 0) is 32.1 Å². The van der Waals surface area contributed by atoms with E-state index in [0.717, 1.165) is 32.1 Å². The van der Waals surface area contributed by atoms with Gasteiger partial charge in [0.1, 0.15) is 6.10 Å². The van der Waals surface area contributed by atoms with E-state index in [1.165, 1.54) is 0 Å². The van der Waals surface area contributed by atoms with Crippen LogP contribution in [-0.2, 0) is 14.3 Å². The first-order valence-electron chi connectivity index (χ1n) is 7.79. The molecule has 2 fully saturated rings. The lowest BCUT2D eigenvalue weighted by Gasteiger charge is -2.55. The van der Waals surface area contributed by atoms with E-state index in [4.69, 9.17) is 15.2 Å². The molecule has 0 aromatic carbocycles. The van der Waals surface area contributed by atoms with Crippen molar-refractivity contribution in [1.82, 2.24) is 5.32 Å². The number of carbonyl (C=O) groups excluding carboxylic acids is 1. The maximum Gasteiger partial charge on any atom is 0.249 e. The Balaban J connectivity index is 0.00000220. The molecule has 1 saturated heterocycles. The van der Waals surface area contributed by atoms with Gasteiger partial charge >= 0.3 is 0 Å². The van der Waals surface area contributed by atoms with Crippen molar-refractivity contribution in [2.45, 2.75) is 70.3 Å². The molecule has 4 atom stereocenters. The first-order valence-corrected chi connectivity index (χ1v) is 7.79. The maximum atomic E-state index is 12.3. The molecule has 5 nitrogen and oxygen atoms in total. The number of hydrogen-bond donors (Lipinski definition) is 2. The number of ether oxygens (including phenoxy) is 2. The highest BCUT2D eigenvalue weighted by Crippen LogP contribution is 2.48. The van der Waals surface area contributed by atoms with Gasteiger partial charge in [-0.25, -0.2) is 0 Å². The fourth-order valence-electron chi connectivity index (χ4n) is 3.82. The van der Waals surface area contributed by atoms with Gasteiger partial charge in [0.2, 0.25) is 5.91 Å². The Bertz CT molecular complexity index is 350. The summed E-state index contributed by atoms with van der Waals surface area (Å²) in [5.74, 6) is 0.0202. The first-order chi connectivity index (χ1) is 9.61. The molecule has 1 saturated carbocycles. The summed E-state index contributed by atoms with van der Waals surface area (Å²) in [5.41, 5.74) is 5.66. The van der Waals surface area contributed by atoms with Crippen LogP contribution < -0.4 is 11.1 Å². The Morgan fingerprint density at radius 2 is 2.05 bits per heavy atom. The second kappa shape index (κ2) is 7.77. The lowest BCUT2D eigenvalue weighted by molar-refractivity contribution is -0.148. The number of methoxy groups -OCH3 is 1. The lowest BCUT2D eigenvalue weighted by Crippen LogP contribution is -2.65. The summed E-state index contributed by atoms with van der Waals surface area (Å²) < 4.78 is 11.2. The predicted octanol–water partition coefficient (Wildman–Crippen LogP) is 1.62. The second-order valence-electron chi connectivity index (χ2n) is 6.02. The summed E-state index contributed by atoms with van der Waals surface area (Å²) in [7, 11) is 1.76. The number of halogens is 1. The average molecular weight is 321 g/mol. The first kappa shape index (κ1) is 18.7. The number of carbonyl (C=O) groups is 1. The van der Waals surface area contributed by atoms with Crippen LogP contribution in [-0.4, -0.2) is 43.9 Å². The van der Waals surface area contributed by atoms with Gasteiger partial charge in [0.25, 0.3) is 0 Å². The average Bonchev–Trinajstić information content (AvgIpc) is 2.93. The van der Waals surface area contributed by atoms with Crippen molar-refractivity contribution < 1.29 is 14.3 Å². The normalized spacial score (nSPS) is 33.9. The summed E-state index contributed by atoms with van der Waals surface area (Å²) in [6.07, 6.45) is 4.57. The number of nitrogens with one attached hydrogen (secondary N) is 1. The van der Waals surface area contributed by atoms with Crippen LogP contribution in [0.4, 0.5) is 0 Å². The van der Waals surface area contributed by atoms with Gasteiger partial charge in [-0.3, -0.25) is 4.79 Å². The molecule has 2 unspecified atom stereocenters. The summed E-state index contributed by atoms with van der Waals surface area (Å²) in [4.78, 5) is 12.3. The van der Waals surface area contributed by atoms with Crippen molar-refractivity contribution in [3.8, 4) is 0 Å². The minimum absolute atomic E-state index is 0. The van der Waals surface area contributed by atoms with Crippen molar-refractivity contribution in [1.29, 1.82) is 0 Å². The number of nitrogens with two attached hydrogens (primary N) is 1. The zero-order chi connectivity index (χ0) is 14.8. The fourth-order valence-corrected chi connectivity index (χ4v) is 3.82. The van der Waals surface area contributed by atoms with E-state index < -0.39 is 0 Å². The van der Waals surface area contributed by atoms with Gasteiger partial charge < -0.3 is 20.5 Å². The van der Waals surface area contributed by atoms with Gasteiger partial charge in [-0.15, -0.1) is 12.4 Å². The smallest absolute Gasteiger partial charge is 0.249 e. The van der Waals surface area contributed by atoms with Crippen molar-refractivity contribution >= 4 is 18.3 Å². The highest BCUT2D eigenvalue weighted by atomic mass is 35.5. The minimum Gasteiger partial charge on any atom is -0.381 e. The van der Waals surface area contributed by atoms with Crippen LogP contribution in [0.25, 0.3) is 0 Å². The molecule has 1 aliphatic carbocycles. The Hall–Kier alpha value is -0.360.